The normalized spacial score (nSPS) is 12.9. The largest absolute Gasteiger partial charge is 0.455 e. The molecule has 0 radical (unpaired) electrons. The fourth-order valence-electron chi connectivity index (χ4n) is 8.39. The predicted octanol–water partition coefficient (Wildman–Crippen LogP) is 12.4. The molecule has 11 rings (SSSR count). The van der Waals surface area contributed by atoms with E-state index in [9.17, 15) is 0 Å². The zero-order valence-corrected chi connectivity index (χ0v) is 27.7. The second-order valence-corrected chi connectivity index (χ2v) is 13.5. The van der Waals surface area contributed by atoms with E-state index in [1.807, 2.05) is 18.2 Å². The molecule has 0 saturated carbocycles. The summed E-state index contributed by atoms with van der Waals surface area (Å²) in [6, 6.07) is 61.1. The van der Waals surface area contributed by atoms with Gasteiger partial charge in [0, 0.05) is 49.6 Å². The van der Waals surface area contributed by atoms with E-state index in [0.29, 0.717) is 0 Å². The molecule has 0 bridgehead atoms. The summed E-state index contributed by atoms with van der Waals surface area (Å²) in [6.45, 7) is 0. The van der Waals surface area contributed by atoms with E-state index in [1.165, 1.54) is 60.8 Å². The lowest BCUT2D eigenvalue weighted by molar-refractivity contribution is 0.669. The molecule has 0 aliphatic heterocycles. The van der Waals surface area contributed by atoms with Crippen molar-refractivity contribution in [1.29, 1.82) is 0 Å². The quantitative estimate of drug-likeness (QED) is 0.186. The van der Waals surface area contributed by atoms with Gasteiger partial charge in [0.25, 0.3) is 0 Å². The van der Waals surface area contributed by atoms with Crippen LogP contribution in [0.2, 0.25) is 0 Å². The first-order chi connectivity index (χ1) is 25.3. The highest BCUT2D eigenvalue weighted by Gasteiger charge is 2.24. The van der Waals surface area contributed by atoms with Gasteiger partial charge in [-0.1, -0.05) is 103 Å². The van der Waals surface area contributed by atoms with E-state index in [4.69, 9.17) is 4.42 Å². The van der Waals surface area contributed by atoms with Crippen molar-refractivity contribution in [3.05, 3.63) is 181 Å². The van der Waals surface area contributed by atoms with Gasteiger partial charge < -0.3 is 13.6 Å². The van der Waals surface area contributed by atoms with Gasteiger partial charge >= 0.3 is 0 Å². The number of hydrogen-bond donors (Lipinski definition) is 0. The Morgan fingerprint density at radius 1 is 0.510 bits per heavy atom. The van der Waals surface area contributed by atoms with E-state index in [0.717, 1.165) is 51.6 Å². The molecule has 1 aliphatic carbocycles. The van der Waals surface area contributed by atoms with Crippen molar-refractivity contribution >= 4 is 66.3 Å². The van der Waals surface area contributed by atoms with Gasteiger partial charge in [-0.3, -0.25) is 0 Å². The Morgan fingerprint density at radius 2 is 1.22 bits per heavy atom. The van der Waals surface area contributed by atoms with Gasteiger partial charge in [-0.05, 0) is 90.7 Å². The van der Waals surface area contributed by atoms with Crippen LogP contribution in [0.25, 0.3) is 88.8 Å². The lowest BCUT2D eigenvalue weighted by Gasteiger charge is -2.19. The van der Waals surface area contributed by atoms with Crippen LogP contribution in [0.3, 0.4) is 0 Å². The predicted molar refractivity (Wildman–Crippen MR) is 211 cm³/mol. The molecule has 7 aromatic carbocycles. The highest BCUT2D eigenvalue weighted by Crippen LogP contribution is 2.42. The molecule has 3 heteroatoms. The van der Waals surface area contributed by atoms with Crippen molar-refractivity contribution in [1.82, 2.24) is 9.13 Å². The third kappa shape index (κ3) is 4.21. The maximum Gasteiger partial charge on any atom is 0.145 e. The molecule has 0 amide bonds. The topological polar surface area (TPSA) is 23.0 Å². The monoisotopic (exact) mass is 650 g/mol. The molecule has 51 heavy (non-hydrogen) atoms. The fourth-order valence-corrected chi connectivity index (χ4v) is 8.39. The lowest BCUT2D eigenvalue weighted by Crippen LogP contribution is -2.06. The number of allylic oxidation sites excluding steroid dienone is 1. The van der Waals surface area contributed by atoms with Crippen LogP contribution >= 0.6 is 0 Å². The highest BCUT2D eigenvalue weighted by atomic mass is 16.3. The van der Waals surface area contributed by atoms with Crippen molar-refractivity contribution < 1.29 is 4.42 Å². The second-order valence-electron chi connectivity index (χ2n) is 13.5. The summed E-state index contributed by atoms with van der Waals surface area (Å²) >= 11 is 0. The molecule has 0 unspecified atom stereocenters. The molecule has 0 spiro atoms. The third-order valence-electron chi connectivity index (χ3n) is 10.7. The minimum atomic E-state index is 0.829. The molecule has 3 aromatic heterocycles. The van der Waals surface area contributed by atoms with Crippen molar-refractivity contribution in [3.63, 3.8) is 0 Å². The second kappa shape index (κ2) is 10.9. The first-order valence-electron chi connectivity index (χ1n) is 17.6. The Morgan fingerprint density at radius 3 is 2.10 bits per heavy atom. The number of para-hydroxylation sites is 5. The highest BCUT2D eigenvalue weighted by molar-refractivity contribution is 6.11. The third-order valence-corrected chi connectivity index (χ3v) is 10.7. The van der Waals surface area contributed by atoms with Crippen molar-refractivity contribution in [2.75, 3.05) is 0 Å². The van der Waals surface area contributed by atoms with Crippen LogP contribution in [-0.2, 0) is 6.42 Å². The van der Waals surface area contributed by atoms with Crippen LogP contribution < -0.4 is 0 Å². The molecule has 0 atom stereocenters. The van der Waals surface area contributed by atoms with Gasteiger partial charge in [0.2, 0.25) is 0 Å². The molecule has 0 saturated heterocycles. The SMILES string of the molecule is c1c(-c2ccccc2-n2c3c(c4ccccc42)C=C(c2ccc4c(c2)c2ccccc2n4-c2ccccc2)CC3)cc2oc3ccccc3c2c#1. The van der Waals surface area contributed by atoms with E-state index < -0.39 is 0 Å². The van der Waals surface area contributed by atoms with Crippen LogP contribution in [0.1, 0.15) is 23.2 Å². The van der Waals surface area contributed by atoms with Crippen LogP contribution in [0, 0.1) is 12.1 Å². The zero-order valence-electron chi connectivity index (χ0n) is 27.7. The molecule has 1 aliphatic rings. The fraction of sp³-hybridized carbons (Fsp3) is 0.0417. The van der Waals surface area contributed by atoms with E-state index in [1.54, 1.807) is 0 Å². The smallest absolute Gasteiger partial charge is 0.145 e. The number of fused-ring (bicyclic) bond motifs is 9. The van der Waals surface area contributed by atoms with Crippen LogP contribution in [-0.4, -0.2) is 9.13 Å². The summed E-state index contributed by atoms with van der Waals surface area (Å²) in [5.41, 5.74) is 15.1. The minimum absolute atomic E-state index is 0.829. The van der Waals surface area contributed by atoms with Crippen LogP contribution in [0.5, 0.6) is 0 Å². The molecule has 3 nitrogen and oxygen atoms in total. The number of benzene rings is 6. The van der Waals surface area contributed by atoms with Crippen molar-refractivity contribution in [2.24, 2.45) is 0 Å². The summed E-state index contributed by atoms with van der Waals surface area (Å²) in [5.74, 6) is 0. The number of furan rings is 1. The maximum atomic E-state index is 6.27. The Labute approximate surface area is 294 Å². The summed E-state index contributed by atoms with van der Waals surface area (Å²) in [6.07, 6.45) is 4.34. The molecule has 0 N–H and O–H groups in total. The Bertz CT molecular complexity index is 3020. The molecular formula is C48H30N2O. The first kappa shape index (κ1) is 28.1. The molecule has 3 heterocycles. The molecular weight excluding hydrogens is 621 g/mol. The maximum absolute atomic E-state index is 6.27. The Hall–Kier alpha value is -6.76. The van der Waals surface area contributed by atoms with Gasteiger partial charge in [0.15, 0.2) is 0 Å². The summed E-state index contributed by atoms with van der Waals surface area (Å²) in [7, 11) is 0. The van der Waals surface area contributed by atoms with Crippen LogP contribution in [0.4, 0.5) is 0 Å². The Balaban J connectivity index is 1.06. The summed E-state index contributed by atoms with van der Waals surface area (Å²) in [5, 5.41) is 5.86. The van der Waals surface area contributed by atoms with Gasteiger partial charge in [0.1, 0.15) is 11.2 Å². The summed E-state index contributed by atoms with van der Waals surface area (Å²) < 4.78 is 11.1. The Kier molecular flexibility index (Phi) is 5.99. The number of aromatic nitrogens is 2. The average molecular weight is 651 g/mol. The van der Waals surface area contributed by atoms with Gasteiger partial charge in [-0.25, -0.2) is 0 Å². The van der Waals surface area contributed by atoms with Gasteiger partial charge in [-0.2, -0.15) is 0 Å². The molecule has 10 aromatic rings. The van der Waals surface area contributed by atoms with E-state index in [-0.39, 0.29) is 0 Å². The van der Waals surface area contributed by atoms with Crippen molar-refractivity contribution in [2.45, 2.75) is 12.8 Å². The van der Waals surface area contributed by atoms with E-state index >= 15 is 0 Å². The van der Waals surface area contributed by atoms with Gasteiger partial charge in [0.05, 0.1) is 27.6 Å². The summed E-state index contributed by atoms with van der Waals surface area (Å²) in [4.78, 5) is 0. The molecule has 238 valence electrons. The zero-order chi connectivity index (χ0) is 33.5. The van der Waals surface area contributed by atoms with Crippen molar-refractivity contribution in [3.8, 4) is 22.5 Å². The number of nitrogens with zero attached hydrogens (tertiary/aromatic N) is 2. The standard InChI is InChI=1S/C48H30N2O/c1-2-12-34(13-3-1)49-43-19-9-5-15-36(43)40-28-31(23-26-45(40)49)32-24-27-46-41(29-32)37-16-6-10-20-44(37)50(46)42-18-8-4-14-35(42)33-22-25-39-38-17-7-11-21-47(38)51-48(39)30-33/h1-21,23,26,28-30H,24,27H2. The average Bonchev–Trinajstić information content (AvgIpc) is 3.85. The number of rotatable bonds is 4. The first-order valence-corrected chi connectivity index (χ1v) is 17.6. The number of hydrogen-bond acceptors (Lipinski definition) is 1. The lowest BCUT2D eigenvalue weighted by atomic mass is 9.90. The van der Waals surface area contributed by atoms with Gasteiger partial charge in [-0.15, -0.1) is 0 Å². The minimum Gasteiger partial charge on any atom is -0.455 e. The van der Waals surface area contributed by atoms with Crippen LogP contribution in [0.15, 0.2) is 156 Å². The van der Waals surface area contributed by atoms with E-state index in [2.05, 4.69) is 161 Å². The molecule has 0 fully saturated rings.